The fourth-order valence-corrected chi connectivity index (χ4v) is 10.5. The van der Waals surface area contributed by atoms with Crippen LogP contribution in [0.4, 0.5) is 0 Å². The summed E-state index contributed by atoms with van der Waals surface area (Å²) in [5, 5.41) is 20.6. The first-order valence-electron chi connectivity index (χ1n) is 36.4. The van der Waals surface area contributed by atoms with Crippen LogP contribution in [0.3, 0.4) is 0 Å². The van der Waals surface area contributed by atoms with E-state index >= 15 is 0 Å². The highest BCUT2D eigenvalue weighted by molar-refractivity contribution is 7.47. The number of aliphatic hydroxyl groups excluding tert-OH is 2. The van der Waals surface area contributed by atoms with Gasteiger partial charge in [0.05, 0.1) is 26.4 Å². The van der Waals surface area contributed by atoms with Crippen molar-refractivity contribution in [1.29, 1.82) is 0 Å². The number of ether oxygens (including phenoxy) is 3. The summed E-state index contributed by atoms with van der Waals surface area (Å²) in [4.78, 5) is 58.5. The third-order valence-electron chi connectivity index (χ3n) is 14.4. The van der Waals surface area contributed by atoms with Crippen molar-refractivity contribution < 1.29 is 75.8 Å². The number of hydrogen-bond donors (Lipinski definition) is 4. The highest BCUT2D eigenvalue weighted by Gasteiger charge is 2.29. The number of phosphoric acid groups is 2. The van der Waals surface area contributed by atoms with Crippen LogP contribution in [0.25, 0.3) is 0 Å². The molecule has 16 nitrogen and oxygen atoms in total. The maximum atomic E-state index is 12.9. The maximum absolute atomic E-state index is 12.9. The van der Waals surface area contributed by atoms with Crippen LogP contribution in [0.15, 0.2) is 170 Å². The van der Waals surface area contributed by atoms with Crippen LogP contribution >= 0.6 is 15.6 Å². The Morgan fingerprint density at radius 2 is 0.557 bits per heavy atom. The molecule has 0 radical (unpaired) electrons. The topological polar surface area (TPSA) is 231 Å². The van der Waals surface area contributed by atoms with E-state index in [-0.39, 0.29) is 19.3 Å². The third kappa shape index (κ3) is 72.0. The Bertz CT molecular complexity index is 2440. The van der Waals surface area contributed by atoms with E-state index < -0.39 is 91.5 Å². The van der Waals surface area contributed by atoms with E-state index in [9.17, 15) is 43.5 Å². The van der Waals surface area contributed by atoms with E-state index in [1.165, 1.54) is 19.3 Å². The molecule has 0 amide bonds. The maximum Gasteiger partial charge on any atom is 0.472 e. The van der Waals surface area contributed by atoms with Gasteiger partial charge in [0.2, 0.25) is 0 Å². The Kier molecular flexibility index (Phi) is 67.0. The molecule has 0 bridgehead atoms. The van der Waals surface area contributed by atoms with Crippen molar-refractivity contribution >= 4 is 33.6 Å². The Balaban J connectivity index is 4.76. The minimum absolute atomic E-state index is 0.0149. The summed E-state index contributed by atoms with van der Waals surface area (Å²) < 4.78 is 60.9. The van der Waals surface area contributed by atoms with E-state index in [0.29, 0.717) is 25.7 Å². The second-order valence-electron chi connectivity index (χ2n) is 23.6. The van der Waals surface area contributed by atoms with Crippen molar-refractivity contribution in [1.82, 2.24) is 0 Å². The van der Waals surface area contributed by atoms with Crippen LogP contribution in [0.1, 0.15) is 252 Å². The van der Waals surface area contributed by atoms with Gasteiger partial charge in [0.15, 0.2) is 6.10 Å². The third-order valence-corrected chi connectivity index (χ3v) is 16.3. The van der Waals surface area contributed by atoms with E-state index in [1.807, 2.05) is 12.2 Å². The van der Waals surface area contributed by atoms with Crippen LogP contribution in [0, 0.1) is 0 Å². The van der Waals surface area contributed by atoms with Gasteiger partial charge in [0.1, 0.15) is 25.4 Å². The zero-order chi connectivity index (χ0) is 70.9. The summed E-state index contributed by atoms with van der Waals surface area (Å²) in [6.07, 6.45) is 88.3. The molecule has 0 aliphatic carbocycles. The monoisotopic (exact) mass is 1390 g/mol. The van der Waals surface area contributed by atoms with E-state index in [4.69, 9.17) is 32.3 Å². The van der Waals surface area contributed by atoms with Crippen LogP contribution < -0.4 is 0 Å². The quantitative estimate of drug-likeness (QED) is 0.0146. The van der Waals surface area contributed by atoms with Gasteiger partial charge in [0.25, 0.3) is 0 Å². The molecule has 5 atom stereocenters. The van der Waals surface area contributed by atoms with Crippen molar-refractivity contribution in [3.8, 4) is 0 Å². The Hall–Kier alpha value is -5.09. The zero-order valence-electron chi connectivity index (χ0n) is 59.7. The van der Waals surface area contributed by atoms with Crippen LogP contribution in [-0.4, -0.2) is 95.9 Å². The number of esters is 3. The largest absolute Gasteiger partial charge is 0.472 e. The molecule has 97 heavy (non-hydrogen) atoms. The van der Waals surface area contributed by atoms with Gasteiger partial charge in [-0.3, -0.25) is 32.5 Å². The summed E-state index contributed by atoms with van der Waals surface area (Å²) >= 11 is 0. The Morgan fingerprint density at radius 1 is 0.299 bits per heavy atom. The predicted molar refractivity (Wildman–Crippen MR) is 398 cm³/mol. The minimum atomic E-state index is -4.96. The van der Waals surface area contributed by atoms with Crippen molar-refractivity contribution in [2.24, 2.45) is 0 Å². The average Bonchev–Trinajstić information content (AvgIpc) is 3.63. The number of unbranched alkanes of at least 4 members (excludes halogenated alkanes) is 16. The molecular weight excluding hydrogens is 1270 g/mol. The molecular formula is C79H128O16P2. The molecule has 0 spiro atoms. The SMILES string of the molecule is CC/C=C\C/C=C\C/C=C\C/C=C\C/C=C\CCCCCCCCCC(=O)OCC(O)COP(=O)(O)OCC(O)COP(=O)(O)OCC(COC(=O)CCCCCCC/C=C\C/C=C\C/C=C\C/C=C\CCCCC)OC(=O)CCC/C=C\C/C=C\C/C=C\C/C=C\C/C=C\CC. The lowest BCUT2D eigenvalue weighted by molar-refractivity contribution is -0.161. The van der Waals surface area contributed by atoms with Gasteiger partial charge in [-0.15, -0.1) is 0 Å². The number of carbonyl (C=O) groups excluding carboxylic acids is 3. The van der Waals surface area contributed by atoms with E-state index in [0.717, 1.165) is 167 Å². The van der Waals surface area contributed by atoms with Crippen LogP contribution in [-0.2, 0) is 55.8 Å². The number of allylic oxidation sites excluding steroid dienone is 28. The zero-order valence-corrected chi connectivity index (χ0v) is 61.5. The molecule has 5 unspecified atom stereocenters. The molecule has 550 valence electrons. The van der Waals surface area contributed by atoms with Crippen LogP contribution in [0.2, 0.25) is 0 Å². The lowest BCUT2D eigenvalue weighted by Gasteiger charge is -2.21. The van der Waals surface area contributed by atoms with E-state index in [2.05, 4.69) is 179 Å². The van der Waals surface area contributed by atoms with Gasteiger partial charge in [-0.25, -0.2) is 9.13 Å². The summed E-state index contributed by atoms with van der Waals surface area (Å²) in [7, 11) is -9.83. The molecule has 0 aliphatic heterocycles. The summed E-state index contributed by atoms with van der Waals surface area (Å²) in [5.74, 6) is -1.69. The van der Waals surface area contributed by atoms with Gasteiger partial charge < -0.3 is 34.2 Å². The molecule has 0 aromatic heterocycles. The number of aliphatic hydroxyl groups is 2. The first-order valence-corrected chi connectivity index (χ1v) is 39.4. The highest BCUT2D eigenvalue weighted by atomic mass is 31.2. The molecule has 0 fully saturated rings. The molecule has 0 aromatic carbocycles. The number of hydrogen-bond acceptors (Lipinski definition) is 14. The molecule has 0 rings (SSSR count). The smallest absolute Gasteiger partial charge is 0.463 e. The van der Waals surface area contributed by atoms with E-state index in [1.54, 1.807) is 0 Å². The predicted octanol–water partition coefficient (Wildman–Crippen LogP) is 20.9. The highest BCUT2D eigenvalue weighted by Crippen LogP contribution is 2.45. The molecule has 4 N–H and O–H groups in total. The number of phosphoric ester groups is 2. The second kappa shape index (κ2) is 70.8. The molecule has 18 heteroatoms. The van der Waals surface area contributed by atoms with Gasteiger partial charge in [-0.2, -0.15) is 0 Å². The number of carbonyl (C=O) groups is 3. The lowest BCUT2D eigenvalue weighted by atomic mass is 10.1. The molecule has 0 aliphatic rings. The standard InChI is InChI=1S/C79H128O16P2/c1-4-7-10-13-16-19-22-25-28-31-33-35-36-38-40-42-44-47-50-53-56-59-62-65-77(82)89-68-74(80)69-91-96(85,86)92-70-75(81)71-93-97(87,88)94-73-76(95-79(84)67-64-61-58-55-52-49-46-41-30-27-24-21-18-15-12-9-6-3)72-90-78(83)66-63-60-57-54-51-48-45-43-39-37-34-32-29-26-23-20-17-14-11-8-5-2/h7,9-10,12,16-21,25-30,33-35,37-38,40,43,45-46,49,55,58,74-76,80-81H,4-6,8,11,13-15,22-24,31-32,36,39,41-42,44,47-48,50-54,56-57,59-73H2,1-3H3,(H,85,86)(H,87,88)/b10-7-,12-9-,19-16-,20-17-,21-18-,28-25-,29-26-,30-27-,35-33-,37-34-,40-38-,45-43-,49-46-,58-55-. The Morgan fingerprint density at radius 3 is 0.897 bits per heavy atom. The molecule has 0 saturated carbocycles. The lowest BCUT2D eigenvalue weighted by Crippen LogP contribution is -2.30. The number of rotatable bonds is 67. The van der Waals surface area contributed by atoms with Crippen molar-refractivity contribution in [2.75, 3.05) is 39.6 Å². The van der Waals surface area contributed by atoms with Crippen LogP contribution in [0.5, 0.6) is 0 Å². The van der Waals surface area contributed by atoms with Crippen molar-refractivity contribution in [2.45, 2.75) is 270 Å². The summed E-state index contributed by atoms with van der Waals surface area (Å²) in [6, 6.07) is 0. The molecule has 0 aromatic rings. The second-order valence-corrected chi connectivity index (χ2v) is 26.5. The first kappa shape index (κ1) is 91.9. The molecule has 0 saturated heterocycles. The summed E-state index contributed by atoms with van der Waals surface area (Å²) in [6.45, 7) is 2.29. The van der Waals surface area contributed by atoms with Gasteiger partial charge in [-0.05, 0) is 148 Å². The average molecular weight is 1400 g/mol. The van der Waals surface area contributed by atoms with Crippen molar-refractivity contribution in [3.05, 3.63) is 170 Å². The van der Waals surface area contributed by atoms with Crippen molar-refractivity contribution in [3.63, 3.8) is 0 Å². The van der Waals surface area contributed by atoms with Gasteiger partial charge in [-0.1, -0.05) is 255 Å². The normalized spacial score (nSPS) is 15.1. The molecule has 0 heterocycles. The fourth-order valence-electron chi connectivity index (χ4n) is 8.91. The minimum Gasteiger partial charge on any atom is -0.463 e. The first-order chi connectivity index (χ1) is 47.2. The Labute approximate surface area is 586 Å². The summed E-state index contributed by atoms with van der Waals surface area (Å²) in [5.41, 5.74) is 0. The van der Waals surface area contributed by atoms with Gasteiger partial charge >= 0.3 is 33.6 Å². The fraction of sp³-hybridized carbons (Fsp3) is 0.608. The van der Waals surface area contributed by atoms with Gasteiger partial charge in [0, 0.05) is 19.3 Å².